The minimum absolute atomic E-state index is 0.0950. The van der Waals surface area contributed by atoms with Crippen LogP contribution in [-0.4, -0.2) is 37.8 Å². The fourth-order valence-electron chi connectivity index (χ4n) is 2.73. The third kappa shape index (κ3) is 4.55. The highest BCUT2D eigenvalue weighted by molar-refractivity contribution is 5.96. The summed E-state index contributed by atoms with van der Waals surface area (Å²) in [4.78, 5) is 17.8. The molecule has 0 saturated heterocycles. The molecule has 0 radical (unpaired) electrons. The molecule has 0 aromatic heterocycles. The standard InChI is InChI=1S/C20H29NO5/c1-13(25-18(22)19(2,3)4)17-16(12-20(5,24-7)26-21-17)14-8-10-15(23-6)11-9-14/h8-11,13,16H,12H2,1-7H3/t13-,16-,20-/m0/s1. The third-order valence-electron chi connectivity index (χ3n) is 4.54. The number of carbonyl (C=O) groups excluding carboxylic acids is 1. The molecule has 1 aromatic rings. The Labute approximate surface area is 155 Å². The Morgan fingerprint density at radius 2 is 1.88 bits per heavy atom. The van der Waals surface area contributed by atoms with Crippen LogP contribution in [0.1, 0.15) is 52.5 Å². The molecule has 0 saturated carbocycles. The van der Waals surface area contributed by atoms with Gasteiger partial charge in [0.2, 0.25) is 5.79 Å². The summed E-state index contributed by atoms with van der Waals surface area (Å²) in [5, 5.41) is 4.27. The smallest absolute Gasteiger partial charge is 0.311 e. The number of ether oxygens (including phenoxy) is 3. The van der Waals surface area contributed by atoms with E-state index in [9.17, 15) is 4.79 Å². The Morgan fingerprint density at radius 3 is 2.38 bits per heavy atom. The number of carbonyl (C=O) groups is 1. The van der Waals surface area contributed by atoms with E-state index in [-0.39, 0.29) is 11.9 Å². The van der Waals surface area contributed by atoms with E-state index in [4.69, 9.17) is 19.0 Å². The van der Waals surface area contributed by atoms with Crippen molar-refractivity contribution in [2.24, 2.45) is 10.6 Å². The Hall–Kier alpha value is -2.08. The van der Waals surface area contributed by atoms with Gasteiger partial charge in [0, 0.05) is 26.4 Å². The maximum Gasteiger partial charge on any atom is 0.311 e. The Bertz CT molecular complexity index is 662. The second-order valence-corrected chi connectivity index (χ2v) is 7.77. The van der Waals surface area contributed by atoms with Gasteiger partial charge < -0.3 is 19.0 Å². The van der Waals surface area contributed by atoms with Gasteiger partial charge in [0.1, 0.15) is 17.6 Å². The van der Waals surface area contributed by atoms with Crippen LogP contribution >= 0.6 is 0 Å². The predicted molar refractivity (Wildman–Crippen MR) is 99.3 cm³/mol. The van der Waals surface area contributed by atoms with Crippen molar-refractivity contribution >= 4 is 11.7 Å². The van der Waals surface area contributed by atoms with Crippen molar-refractivity contribution in [1.29, 1.82) is 0 Å². The first-order valence-corrected chi connectivity index (χ1v) is 8.76. The number of methoxy groups -OCH3 is 2. The van der Waals surface area contributed by atoms with E-state index in [1.807, 2.05) is 58.9 Å². The van der Waals surface area contributed by atoms with Crippen LogP contribution in [0.4, 0.5) is 0 Å². The summed E-state index contributed by atoms with van der Waals surface area (Å²) >= 11 is 0. The van der Waals surface area contributed by atoms with Gasteiger partial charge in [-0.2, -0.15) is 0 Å². The van der Waals surface area contributed by atoms with Gasteiger partial charge in [0.05, 0.1) is 12.5 Å². The highest BCUT2D eigenvalue weighted by Crippen LogP contribution is 2.37. The first-order chi connectivity index (χ1) is 12.1. The van der Waals surface area contributed by atoms with Crippen LogP contribution in [0.25, 0.3) is 0 Å². The van der Waals surface area contributed by atoms with Crippen molar-refractivity contribution in [1.82, 2.24) is 0 Å². The molecule has 1 heterocycles. The van der Waals surface area contributed by atoms with Crippen LogP contribution in [0.15, 0.2) is 29.4 Å². The van der Waals surface area contributed by atoms with Crippen molar-refractivity contribution in [3.8, 4) is 5.75 Å². The minimum atomic E-state index is -0.831. The normalized spacial score (nSPS) is 24.3. The van der Waals surface area contributed by atoms with E-state index in [0.717, 1.165) is 11.3 Å². The van der Waals surface area contributed by atoms with Crippen LogP contribution in [0, 0.1) is 5.41 Å². The van der Waals surface area contributed by atoms with Gasteiger partial charge in [0.25, 0.3) is 0 Å². The Balaban J connectivity index is 2.31. The first-order valence-electron chi connectivity index (χ1n) is 8.76. The van der Waals surface area contributed by atoms with Crippen molar-refractivity contribution in [2.75, 3.05) is 14.2 Å². The molecule has 1 aromatic carbocycles. The SMILES string of the molecule is COc1ccc([C@@H]2C[C@@](C)(OC)ON=C2[C@H](C)OC(=O)C(C)(C)C)cc1. The zero-order valence-electron chi connectivity index (χ0n) is 16.7. The van der Waals surface area contributed by atoms with Gasteiger partial charge in [-0.3, -0.25) is 4.79 Å². The molecule has 144 valence electrons. The molecule has 6 nitrogen and oxygen atoms in total. The van der Waals surface area contributed by atoms with Gasteiger partial charge in [-0.15, -0.1) is 0 Å². The maximum atomic E-state index is 12.3. The van der Waals surface area contributed by atoms with Crippen LogP contribution in [0.3, 0.4) is 0 Å². The predicted octanol–water partition coefficient (Wildman–Crippen LogP) is 3.90. The van der Waals surface area contributed by atoms with Crippen molar-refractivity contribution in [3.63, 3.8) is 0 Å². The molecule has 0 unspecified atom stereocenters. The summed E-state index contributed by atoms with van der Waals surface area (Å²) in [6.07, 6.45) is 0.0572. The largest absolute Gasteiger partial charge is 0.497 e. The van der Waals surface area contributed by atoms with Crippen molar-refractivity contribution in [3.05, 3.63) is 29.8 Å². The summed E-state index contributed by atoms with van der Waals surface area (Å²) in [5.74, 6) is -0.424. The Morgan fingerprint density at radius 1 is 1.27 bits per heavy atom. The second kappa shape index (κ2) is 7.66. The van der Waals surface area contributed by atoms with E-state index in [1.165, 1.54) is 0 Å². The summed E-state index contributed by atoms with van der Waals surface area (Å²) in [6.45, 7) is 9.13. The number of rotatable bonds is 5. The first kappa shape index (κ1) is 20.2. The lowest BCUT2D eigenvalue weighted by molar-refractivity contribution is -0.222. The van der Waals surface area contributed by atoms with Gasteiger partial charge in [-0.25, -0.2) is 0 Å². The lowest BCUT2D eigenvalue weighted by Gasteiger charge is -2.36. The zero-order valence-corrected chi connectivity index (χ0v) is 16.7. The number of hydrogen-bond donors (Lipinski definition) is 0. The molecule has 1 aliphatic rings. The van der Waals surface area contributed by atoms with Gasteiger partial charge in [0.15, 0.2) is 0 Å². The minimum Gasteiger partial charge on any atom is -0.497 e. The topological polar surface area (TPSA) is 66.3 Å². The number of nitrogens with zero attached hydrogens (tertiary/aromatic N) is 1. The molecule has 0 aliphatic carbocycles. The summed E-state index contributed by atoms with van der Waals surface area (Å²) in [6, 6.07) is 7.77. The van der Waals surface area contributed by atoms with E-state index in [1.54, 1.807) is 14.2 Å². The monoisotopic (exact) mass is 363 g/mol. The molecule has 0 fully saturated rings. The van der Waals surface area contributed by atoms with Crippen molar-refractivity contribution < 1.29 is 23.8 Å². The summed E-state index contributed by atoms with van der Waals surface area (Å²) in [7, 11) is 3.22. The fraction of sp³-hybridized carbons (Fsp3) is 0.600. The van der Waals surface area contributed by atoms with Crippen LogP contribution in [0.5, 0.6) is 5.75 Å². The van der Waals surface area contributed by atoms with E-state index in [0.29, 0.717) is 12.1 Å². The summed E-state index contributed by atoms with van der Waals surface area (Å²) < 4.78 is 16.3. The Kier molecular flexibility index (Phi) is 5.96. The van der Waals surface area contributed by atoms with Crippen LogP contribution in [-0.2, 0) is 19.1 Å². The number of benzene rings is 1. The highest BCUT2D eigenvalue weighted by Gasteiger charge is 2.41. The molecule has 0 spiro atoms. The molecule has 3 atom stereocenters. The molecular weight excluding hydrogens is 334 g/mol. The summed E-state index contributed by atoms with van der Waals surface area (Å²) in [5.41, 5.74) is 1.12. The lowest BCUT2D eigenvalue weighted by Crippen LogP contribution is -2.42. The molecule has 1 aliphatic heterocycles. The molecule has 0 bridgehead atoms. The van der Waals surface area contributed by atoms with Gasteiger partial charge in [-0.1, -0.05) is 17.3 Å². The van der Waals surface area contributed by atoms with Crippen molar-refractivity contribution in [2.45, 2.75) is 58.8 Å². The lowest BCUT2D eigenvalue weighted by atomic mass is 9.85. The number of esters is 1. The molecule has 0 amide bonds. The van der Waals surface area contributed by atoms with E-state index >= 15 is 0 Å². The molecule has 6 heteroatoms. The molecular formula is C20H29NO5. The van der Waals surface area contributed by atoms with E-state index < -0.39 is 17.3 Å². The molecule has 0 N–H and O–H groups in total. The second-order valence-electron chi connectivity index (χ2n) is 7.77. The molecule has 2 rings (SSSR count). The fourth-order valence-corrected chi connectivity index (χ4v) is 2.73. The van der Waals surface area contributed by atoms with E-state index in [2.05, 4.69) is 5.16 Å². The zero-order chi connectivity index (χ0) is 19.5. The van der Waals surface area contributed by atoms with Crippen LogP contribution < -0.4 is 4.74 Å². The van der Waals surface area contributed by atoms with Gasteiger partial charge >= 0.3 is 5.97 Å². The third-order valence-corrected chi connectivity index (χ3v) is 4.54. The van der Waals surface area contributed by atoms with Crippen LogP contribution in [0.2, 0.25) is 0 Å². The highest BCUT2D eigenvalue weighted by atomic mass is 16.8. The number of hydrogen-bond acceptors (Lipinski definition) is 6. The average Bonchev–Trinajstić information content (AvgIpc) is 2.60. The van der Waals surface area contributed by atoms with Gasteiger partial charge in [-0.05, 0) is 45.4 Å². The quantitative estimate of drug-likeness (QED) is 0.743. The number of oxime groups is 1. The average molecular weight is 363 g/mol. The maximum absolute atomic E-state index is 12.3. The molecule has 26 heavy (non-hydrogen) atoms.